The molecule has 9 heteroatoms. The molecule has 1 aliphatic heterocycles. The van der Waals surface area contributed by atoms with E-state index in [1.165, 1.54) is 4.90 Å². The van der Waals surface area contributed by atoms with Crippen LogP contribution in [0.5, 0.6) is 0 Å². The van der Waals surface area contributed by atoms with Crippen LogP contribution in [0.3, 0.4) is 0 Å². The van der Waals surface area contributed by atoms with Gasteiger partial charge in [-0.1, -0.05) is 28.9 Å². The fourth-order valence-corrected chi connectivity index (χ4v) is 3.40. The zero-order valence-corrected chi connectivity index (χ0v) is 15.6. The number of nitrogens with one attached hydrogen (secondary N) is 1. The molecule has 1 aliphatic rings. The Kier molecular flexibility index (Phi) is 6.08. The van der Waals surface area contributed by atoms with Crippen molar-refractivity contribution in [3.63, 3.8) is 0 Å². The molecule has 1 saturated heterocycles. The first kappa shape index (κ1) is 19.3. The van der Waals surface area contributed by atoms with Gasteiger partial charge in [0.2, 0.25) is 11.8 Å². The molecule has 144 valence electrons. The summed E-state index contributed by atoms with van der Waals surface area (Å²) >= 11 is 5.93. The van der Waals surface area contributed by atoms with E-state index in [4.69, 9.17) is 16.7 Å². The van der Waals surface area contributed by atoms with Gasteiger partial charge in [0.05, 0.1) is 11.6 Å². The zero-order valence-electron chi connectivity index (χ0n) is 14.8. The first-order valence-corrected chi connectivity index (χ1v) is 9.16. The van der Waals surface area contributed by atoms with Gasteiger partial charge in [-0.2, -0.15) is 0 Å². The number of amides is 2. The summed E-state index contributed by atoms with van der Waals surface area (Å²) in [5.41, 5.74) is 0.291. The molecule has 8 nitrogen and oxygen atoms in total. The van der Waals surface area contributed by atoms with Crippen LogP contribution in [0.15, 0.2) is 36.7 Å². The molecule has 0 aliphatic carbocycles. The van der Waals surface area contributed by atoms with Crippen molar-refractivity contribution in [3.05, 3.63) is 47.2 Å². The number of aryl methyl sites for hydroxylation is 1. The number of aromatic nitrogens is 3. The van der Waals surface area contributed by atoms with Crippen LogP contribution in [0.25, 0.3) is 0 Å². The molecule has 0 saturated carbocycles. The Morgan fingerprint density at radius 1 is 1.26 bits per heavy atom. The monoisotopic (exact) mass is 391 g/mol. The predicted molar refractivity (Wildman–Crippen MR) is 98.9 cm³/mol. The number of carbonyl (C=O) groups is 2. The van der Waals surface area contributed by atoms with Crippen LogP contribution in [0.2, 0.25) is 5.02 Å². The van der Waals surface area contributed by atoms with Crippen LogP contribution >= 0.6 is 11.6 Å². The third kappa shape index (κ3) is 4.64. The standard InChI is InChI=1S/C18H22ClN5O3/c19-15-4-2-14(3-5-15)10-18(12-23(13-18)16(26)11-25)17(27)20-6-1-8-24-9-7-21-22-24/h2-5,7,9,25H,1,6,8,10-13H2,(H,20,27). The van der Waals surface area contributed by atoms with Gasteiger partial charge in [-0.3, -0.25) is 14.3 Å². The van der Waals surface area contributed by atoms with E-state index in [-0.39, 0.29) is 11.8 Å². The lowest BCUT2D eigenvalue weighted by molar-refractivity contribution is -0.155. The van der Waals surface area contributed by atoms with E-state index in [1.54, 1.807) is 29.2 Å². The number of likely N-dealkylation sites (tertiary alicyclic amines) is 1. The summed E-state index contributed by atoms with van der Waals surface area (Å²) < 4.78 is 1.71. The smallest absolute Gasteiger partial charge is 0.248 e. The van der Waals surface area contributed by atoms with Crippen molar-refractivity contribution in [1.82, 2.24) is 25.2 Å². The number of benzene rings is 1. The van der Waals surface area contributed by atoms with E-state index >= 15 is 0 Å². The highest BCUT2D eigenvalue weighted by molar-refractivity contribution is 6.30. The minimum atomic E-state index is -0.689. The van der Waals surface area contributed by atoms with Crippen LogP contribution < -0.4 is 5.32 Å². The number of hydrogen-bond acceptors (Lipinski definition) is 5. The molecular formula is C18H22ClN5O3. The molecule has 0 spiro atoms. The van der Waals surface area contributed by atoms with E-state index in [1.807, 2.05) is 12.1 Å². The first-order valence-electron chi connectivity index (χ1n) is 8.78. The fourth-order valence-electron chi connectivity index (χ4n) is 3.27. The molecule has 1 aromatic carbocycles. The third-order valence-electron chi connectivity index (χ3n) is 4.73. The van der Waals surface area contributed by atoms with Gasteiger partial charge in [-0.05, 0) is 30.5 Å². The Bertz CT molecular complexity index is 773. The van der Waals surface area contributed by atoms with Crippen LogP contribution in [0.4, 0.5) is 0 Å². The van der Waals surface area contributed by atoms with Gasteiger partial charge in [0, 0.05) is 37.4 Å². The van der Waals surface area contributed by atoms with Gasteiger partial charge in [-0.15, -0.1) is 5.10 Å². The lowest BCUT2D eigenvalue weighted by Crippen LogP contribution is -2.66. The highest BCUT2D eigenvalue weighted by Gasteiger charge is 2.50. The molecule has 0 bridgehead atoms. The van der Waals surface area contributed by atoms with Crippen molar-refractivity contribution in [2.24, 2.45) is 5.41 Å². The van der Waals surface area contributed by atoms with Crippen molar-refractivity contribution in [2.75, 3.05) is 26.2 Å². The Labute approximate surface area is 162 Å². The number of hydrogen-bond donors (Lipinski definition) is 2. The Morgan fingerprint density at radius 3 is 2.63 bits per heavy atom. The second-order valence-corrected chi connectivity index (χ2v) is 7.20. The average Bonchev–Trinajstić information content (AvgIpc) is 3.15. The summed E-state index contributed by atoms with van der Waals surface area (Å²) in [6.07, 6.45) is 4.62. The van der Waals surface area contributed by atoms with E-state index in [2.05, 4.69) is 15.6 Å². The largest absolute Gasteiger partial charge is 0.387 e. The molecule has 0 radical (unpaired) electrons. The van der Waals surface area contributed by atoms with Crippen LogP contribution in [0, 0.1) is 5.41 Å². The van der Waals surface area contributed by atoms with E-state index < -0.39 is 12.0 Å². The third-order valence-corrected chi connectivity index (χ3v) is 4.99. The van der Waals surface area contributed by atoms with Crippen LogP contribution in [-0.4, -0.2) is 63.1 Å². The molecule has 2 N–H and O–H groups in total. The molecule has 0 atom stereocenters. The SMILES string of the molecule is O=C(CO)N1CC(Cc2ccc(Cl)cc2)(C(=O)NCCCn2ccnn2)C1. The lowest BCUT2D eigenvalue weighted by atomic mass is 9.73. The molecule has 1 aromatic heterocycles. The molecule has 1 fully saturated rings. The van der Waals surface area contributed by atoms with Crippen LogP contribution in [0.1, 0.15) is 12.0 Å². The summed E-state index contributed by atoms with van der Waals surface area (Å²) in [5, 5.41) is 20.3. The topological polar surface area (TPSA) is 100 Å². The number of rotatable bonds is 8. The number of carbonyl (C=O) groups excluding carboxylic acids is 2. The molecule has 3 rings (SSSR count). The summed E-state index contributed by atoms with van der Waals surface area (Å²) in [4.78, 5) is 26.1. The highest BCUT2D eigenvalue weighted by Crippen LogP contribution is 2.35. The maximum Gasteiger partial charge on any atom is 0.248 e. The van der Waals surface area contributed by atoms with Gasteiger partial charge < -0.3 is 15.3 Å². The summed E-state index contributed by atoms with van der Waals surface area (Å²) in [6.45, 7) is 1.22. The first-order chi connectivity index (χ1) is 13.0. The highest BCUT2D eigenvalue weighted by atomic mass is 35.5. The molecule has 2 heterocycles. The minimum absolute atomic E-state index is 0.0852. The maximum atomic E-state index is 12.9. The van der Waals surface area contributed by atoms with Crippen molar-refractivity contribution in [3.8, 4) is 0 Å². The molecular weight excluding hydrogens is 370 g/mol. The Morgan fingerprint density at radius 2 is 2.00 bits per heavy atom. The Balaban J connectivity index is 1.59. The molecule has 2 amide bonds. The van der Waals surface area contributed by atoms with Crippen molar-refractivity contribution in [2.45, 2.75) is 19.4 Å². The molecule has 27 heavy (non-hydrogen) atoms. The number of aliphatic hydroxyl groups is 1. The van der Waals surface area contributed by atoms with Crippen molar-refractivity contribution in [1.29, 1.82) is 0 Å². The van der Waals surface area contributed by atoms with Crippen LogP contribution in [-0.2, 0) is 22.6 Å². The lowest BCUT2D eigenvalue weighted by Gasteiger charge is -2.48. The molecule has 2 aromatic rings. The van der Waals surface area contributed by atoms with Gasteiger partial charge in [0.1, 0.15) is 6.61 Å². The van der Waals surface area contributed by atoms with Gasteiger partial charge in [0.25, 0.3) is 0 Å². The second kappa shape index (κ2) is 8.49. The number of aliphatic hydroxyl groups excluding tert-OH is 1. The quantitative estimate of drug-likeness (QED) is 0.638. The predicted octanol–water partition coefficient (Wildman–Crippen LogP) is 0.501. The fraction of sp³-hybridized carbons (Fsp3) is 0.444. The van der Waals surface area contributed by atoms with E-state index in [9.17, 15) is 9.59 Å². The van der Waals surface area contributed by atoms with Crippen molar-refractivity contribution >= 4 is 23.4 Å². The van der Waals surface area contributed by atoms with Gasteiger partial charge in [0.15, 0.2) is 0 Å². The molecule has 0 unspecified atom stereocenters. The second-order valence-electron chi connectivity index (χ2n) is 6.77. The average molecular weight is 392 g/mol. The Hall–Kier alpha value is -2.45. The number of nitrogens with zero attached hydrogens (tertiary/aromatic N) is 4. The van der Waals surface area contributed by atoms with E-state index in [0.717, 1.165) is 12.0 Å². The number of halogens is 1. The summed E-state index contributed by atoms with van der Waals surface area (Å²) in [7, 11) is 0. The van der Waals surface area contributed by atoms with Gasteiger partial charge >= 0.3 is 0 Å². The van der Waals surface area contributed by atoms with E-state index in [0.29, 0.717) is 37.6 Å². The summed E-state index contributed by atoms with van der Waals surface area (Å²) in [6, 6.07) is 7.35. The zero-order chi connectivity index (χ0) is 19.3. The normalized spacial score (nSPS) is 15.3. The summed E-state index contributed by atoms with van der Waals surface area (Å²) in [5.74, 6) is -0.446. The maximum absolute atomic E-state index is 12.9. The van der Waals surface area contributed by atoms with Crippen molar-refractivity contribution < 1.29 is 14.7 Å². The minimum Gasteiger partial charge on any atom is -0.387 e. The van der Waals surface area contributed by atoms with Gasteiger partial charge in [-0.25, -0.2) is 0 Å².